The van der Waals surface area contributed by atoms with Gasteiger partial charge in [0.05, 0.1) is 5.69 Å². The summed E-state index contributed by atoms with van der Waals surface area (Å²) >= 11 is 12.4. The standard InChI is InChI=1S/C24H26Cl2N2O8/c1-11-7-17(27-28-24(11)26)9-16-8-15(5-6-18(16)25)21-23(35-14(4)31)20(32)22(34-13(3)30)19(36-21)10-33-12(2)29/h5-8,19-23,32H,9-10H2,1-4H3. The first kappa shape index (κ1) is 27.8. The minimum atomic E-state index is -1.47. The van der Waals surface area contributed by atoms with Gasteiger partial charge in [-0.15, -0.1) is 5.10 Å². The fraction of sp³-hybridized carbons (Fsp3) is 0.458. The fourth-order valence-electron chi connectivity index (χ4n) is 3.91. The molecule has 36 heavy (non-hydrogen) atoms. The number of hydrogen-bond donors (Lipinski definition) is 1. The van der Waals surface area contributed by atoms with Crippen molar-refractivity contribution >= 4 is 41.1 Å². The molecule has 2 aromatic rings. The normalized spacial score (nSPS) is 23.6. The van der Waals surface area contributed by atoms with Gasteiger partial charge in [0.2, 0.25) is 0 Å². The van der Waals surface area contributed by atoms with Crippen molar-refractivity contribution in [2.24, 2.45) is 0 Å². The molecule has 0 aliphatic carbocycles. The van der Waals surface area contributed by atoms with Crippen LogP contribution in [0.25, 0.3) is 0 Å². The minimum absolute atomic E-state index is 0.298. The molecule has 1 N–H and O–H groups in total. The van der Waals surface area contributed by atoms with Crippen LogP contribution in [0.1, 0.15) is 49.3 Å². The van der Waals surface area contributed by atoms with E-state index in [9.17, 15) is 19.5 Å². The van der Waals surface area contributed by atoms with E-state index in [4.69, 9.17) is 42.1 Å². The Kier molecular flexibility index (Phi) is 9.24. The summed E-state index contributed by atoms with van der Waals surface area (Å²) in [6.45, 7) is 5.07. The lowest BCUT2D eigenvalue weighted by atomic mass is 9.89. The molecule has 194 valence electrons. The summed E-state index contributed by atoms with van der Waals surface area (Å²) in [5, 5.41) is 19.8. The number of rotatable bonds is 7. The Morgan fingerprint density at radius 2 is 1.67 bits per heavy atom. The highest BCUT2D eigenvalue weighted by atomic mass is 35.5. The van der Waals surface area contributed by atoms with Crippen LogP contribution in [-0.2, 0) is 39.8 Å². The summed E-state index contributed by atoms with van der Waals surface area (Å²) < 4.78 is 21.8. The summed E-state index contributed by atoms with van der Waals surface area (Å²) in [7, 11) is 0. The van der Waals surface area contributed by atoms with Crippen LogP contribution in [0.3, 0.4) is 0 Å². The van der Waals surface area contributed by atoms with Gasteiger partial charge in [-0.25, -0.2) is 0 Å². The Morgan fingerprint density at radius 3 is 2.28 bits per heavy atom. The van der Waals surface area contributed by atoms with Crippen LogP contribution in [0.5, 0.6) is 0 Å². The zero-order valence-corrected chi connectivity index (χ0v) is 21.6. The summed E-state index contributed by atoms with van der Waals surface area (Å²) in [4.78, 5) is 35.0. The molecule has 0 amide bonds. The number of aromatic nitrogens is 2. The molecule has 1 aliphatic rings. The fourth-order valence-corrected chi connectivity index (χ4v) is 4.18. The van der Waals surface area contributed by atoms with Crippen molar-refractivity contribution in [2.75, 3.05) is 6.61 Å². The van der Waals surface area contributed by atoms with Crippen LogP contribution in [0.15, 0.2) is 24.3 Å². The molecular formula is C24H26Cl2N2O8. The monoisotopic (exact) mass is 540 g/mol. The number of carbonyl (C=O) groups excluding carboxylic acids is 3. The molecular weight excluding hydrogens is 515 g/mol. The van der Waals surface area contributed by atoms with Gasteiger partial charge in [-0.05, 0) is 35.7 Å². The van der Waals surface area contributed by atoms with Crippen molar-refractivity contribution in [1.82, 2.24) is 10.2 Å². The van der Waals surface area contributed by atoms with E-state index in [-0.39, 0.29) is 6.61 Å². The van der Waals surface area contributed by atoms with E-state index in [2.05, 4.69) is 10.2 Å². The molecule has 0 spiro atoms. The molecule has 1 aromatic heterocycles. The summed E-state index contributed by atoms with van der Waals surface area (Å²) in [5.74, 6) is -1.95. The number of hydrogen-bond acceptors (Lipinski definition) is 10. The average Bonchev–Trinajstić information content (AvgIpc) is 2.79. The second kappa shape index (κ2) is 12.0. The predicted molar refractivity (Wildman–Crippen MR) is 127 cm³/mol. The third kappa shape index (κ3) is 6.91. The van der Waals surface area contributed by atoms with Gasteiger partial charge in [0.25, 0.3) is 0 Å². The predicted octanol–water partition coefficient (Wildman–Crippen LogP) is 2.91. The highest BCUT2D eigenvalue weighted by Crippen LogP contribution is 2.37. The number of benzene rings is 1. The second-order valence-electron chi connectivity index (χ2n) is 8.37. The maximum absolute atomic E-state index is 11.9. The van der Waals surface area contributed by atoms with Crippen molar-refractivity contribution in [3.05, 3.63) is 56.8 Å². The lowest BCUT2D eigenvalue weighted by Crippen LogP contribution is -2.58. The number of aliphatic hydroxyl groups is 1. The van der Waals surface area contributed by atoms with Crippen LogP contribution in [0.4, 0.5) is 0 Å². The van der Waals surface area contributed by atoms with Gasteiger partial charge in [-0.3, -0.25) is 14.4 Å². The number of esters is 3. The molecule has 1 saturated heterocycles. The van der Waals surface area contributed by atoms with Crippen molar-refractivity contribution in [2.45, 2.75) is 64.6 Å². The Morgan fingerprint density at radius 1 is 1.00 bits per heavy atom. The third-order valence-corrected chi connectivity index (χ3v) is 6.20. The van der Waals surface area contributed by atoms with Gasteiger partial charge in [0.15, 0.2) is 17.4 Å². The lowest BCUT2D eigenvalue weighted by molar-refractivity contribution is -0.248. The molecule has 0 radical (unpaired) electrons. The molecule has 10 nitrogen and oxygen atoms in total. The van der Waals surface area contributed by atoms with Gasteiger partial charge >= 0.3 is 17.9 Å². The van der Waals surface area contributed by atoms with Gasteiger partial charge in [0, 0.05) is 32.2 Å². The van der Waals surface area contributed by atoms with Gasteiger partial charge in [-0.1, -0.05) is 35.3 Å². The first-order chi connectivity index (χ1) is 17.0. The van der Waals surface area contributed by atoms with Crippen molar-refractivity contribution in [1.29, 1.82) is 0 Å². The first-order valence-electron chi connectivity index (χ1n) is 11.0. The van der Waals surface area contributed by atoms with E-state index in [1.807, 2.05) is 6.92 Å². The molecule has 0 saturated carbocycles. The number of aryl methyl sites for hydroxylation is 1. The zero-order valence-electron chi connectivity index (χ0n) is 20.1. The van der Waals surface area contributed by atoms with E-state index < -0.39 is 48.4 Å². The quantitative estimate of drug-likeness (QED) is 0.412. The van der Waals surface area contributed by atoms with Gasteiger partial charge in [-0.2, -0.15) is 5.10 Å². The van der Waals surface area contributed by atoms with E-state index in [1.165, 1.54) is 13.8 Å². The average molecular weight is 541 g/mol. The van der Waals surface area contributed by atoms with Crippen LogP contribution in [0, 0.1) is 6.92 Å². The Labute approximate surface area is 217 Å². The molecule has 12 heteroatoms. The highest BCUT2D eigenvalue weighted by Gasteiger charge is 2.49. The van der Waals surface area contributed by atoms with Gasteiger partial charge < -0.3 is 24.1 Å². The Hall–Kier alpha value is -2.79. The Balaban J connectivity index is 1.98. The number of carbonyl (C=O) groups is 3. The minimum Gasteiger partial charge on any atom is -0.463 e. The molecule has 2 heterocycles. The second-order valence-corrected chi connectivity index (χ2v) is 9.14. The first-order valence-corrected chi connectivity index (χ1v) is 11.8. The highest BCUT2D eigenvalue weighted by molar-refractivity contribution is 6.31. The molecule has 1 aromatic carbocycles. The molecule has 5 atom stereocenters. The van der Waals surface area contributed by atoms with Crippen LogP contribution >= 0.6 is 23.2 Å². The SMILES string of the molecule is CC(=O)OCC1OC(c2ccc(Cl)c(Cc3cc(C)c(Cl)nn3)c2)C(OC(C)=O)C(O)C1OC(C)=O. The lowest BCUT2D eigenvalue weighted by Gasteiger charge is -2.43. The largest absolute Gasteiger partial charge is 0.463 e. The third-order valence-electron chi connectivity index (χ3n) is 5.46. The smallest absolute Gasteiger partial charge is 0.303 e. The Bertz CT molecular complexity index is 1140. The molecule has 3 rings (SSSR count). The summed E-state index contributed by atoms with van der Waals surface area (Å²) in [6, 6.07) is 6.83. The van der Waals surface area contributed by atoms with E-state index in [1.54, 1.807) is 24.3 Å². The maximum Gasteiger partial charge on any atom is 0.303 e. The molecule has 1 fully saturated rings. The molecule has 5 unspecified atom stereocenters. The van der Waals surface area contributed by atoms with E-state index >= 15 is 0 Å². The summed E-state index contributed by atoms with van der Waals surface area (Å²) in [5.41, 5.74) is 2.57. The van der Waals surface area contributed by atoms with Crippen LogP contribution < -0.4 is 0 Å². The zero-order chi connectivity index (χ0) is 26.6. The maximum atomic E-state index is 11.9. The molecule has 1 aliphatic heterocycles. The van der Waals surface area contributed by atoms with E-state index in [0.717, 1.165) is 12.5 Å². The van der Waals surface area contributed by atoms with Crippen molar-refractivity contribution in [3.63, 3.8) is 0 Å². The number of nitrogens with zero attached hydrogens (tertiary/aromatic N) is 2. The van der Waals surface area contributed by atoms with Gasteiger partial charge in [0.1, 0.15) is 24.9 Å². The topological polar surface area (TPSA) is 134 Å². The number of halogens is 2. The van der Waals surface area contributed by atoms with Crippen LogP contribution in [-0.4, -0.2) is 64.2 Å². The number of aliphatic hydroxyl groups excluding tert-OH is 1. The van der Waals surface area contributed by atoms with Crippen LogP contribution in [0.2, 0.25) is 10.2 Å². The van der Waals surface area contributed by atoms with Crippen molar-refractivity contribution < 1.29 is 38.4 Å². The van der Waals surface area contributed by atoms with E-state index in [0.29, 0.717) is 33.4 Å². The number of ether oxygens (including phenoxy) is 4. The van der Waals surface area contributed by atoms with Crippen molar-refractivity contribution in [3.8, 4) is 0 Å². The molecule has 0 bridgehead atoms. The summed E-state index contributed by atoms with van der Waals surface area (Å²) in [6.07, 6.45) is -5.66.